The summed E-state index contributed by atoms with van der Waals surface area (Å²) in [6, 6.07) is 9.19. The van der Waals surface area contributed by atoms with Gasteiger partial charge in [-0.25, -0.2) is 0 Å². The molecule has 0 N–H and O–H groups in total. The first kappa shape index (κ1) is 11.2. The molecule has 1 aromatic carbocycles. The minimum absolute atomic E-state index is 0.554. The van der Waals surface area contributed by atoms with Gasteiger partial charge >= 0.3 is 0 Å². The van der Waals surface area contributed by atoms with Crippen molar-refractivity contribution < 1.29 is 0 Å². The highest BCUT2D eigenvalue weighted by molar-refractivity contribution is 6.36. The van der Waals surface area contributed by atoms with Crippen LogP contribution in [0.25, 0.3) is 0 Å². The highest BCUT2D eigenvalue weighted by Gasteiger charge is 1.99. The molecular weight excluding hydrogens is 243 g/mol. The van der Waals surface area contributed by atoms with Crippen LogP contribution >= 0.6 is 23.2 Å². The SMILES string of the molecule is Cn1cccc1C=Nc1ccc(Cl)cc1Cl. The molecule has 0 amide bonds. The Morgan fingerprint density at radius 3 is 2.69 bits per heavy atom. The van der Waals surface area contributed by atoms with E-state index in [1.807, 2.05) is 29.9 Å². The minimum atomic E-state index is 0.554. The summed E-state index contributed by atoms with van der Waals surface area (Å²) < 4.78 is 1.98. The molecule has 2 rings (SSSR count). The third-order valence-electron chi connectivity index (χ3n) is 2.23. The first-order valence-electron chi connectivity index (χ1n) is 4.77. The molecule has 2 aromatic rings. The largest absolute Gasteiger partial charge is 0.350 e. The normalized spacial score (nSPS) is 11.2. The zero-order chi connectivity index (χ0) is 11.5. The second kappa shape index (κ2) is 4.73. The summed E-state index contributed by atoms with van der Waals surface area (Å²) in [6.45, 7) is 0. The maximum atomic E-state index is 6.00. The number of aliphatic imine (C=N–C) groups is 1. The second-order valence-electron chi connectivity index (χ2n) is 3.40. The number of hydrogen-bond acceptors (Lipinski definition) is 1. The smallest absolute Gasteiger partial charge is 0.0817 e. The summed E-state index contributed by atoms with van der Waals surface area (Å²) >= 11 is 11.8. The minimum Gasteiger partial charge on any atom is -0.350 e. The van der Waals surface area contributed by atoms with Crippen molar-refractivity contribution in [1.82, 2.24) is 4.57 Å². The average molecular weight is 253 g/mol. The molecule has 0 atom stereocenters. The van der Waals surface area contributed by atoms with Gasteiger partial charge in [-0.05, 0) is 30.3 Å². The molecule has 0 saturated carbocycles. The molecule has 4 heteroatoms. The Labute approximate surface area is 104 Å². The first-order valence-corrected chi connectivity index (χ1v) is 5.53. The molecule has 82 valence electrons. The standard InChI is InChI=1S/C12H10Cl2N2/c1-16-6-2-3-10(16)8-15-12-5-4-9(13)7-11(12)14/h2-8H,1H3. The van der Waals surface area contributed by atoms with Crippen LogP contribution in [0.2, 0.25) is 10.0 Å². The molecule has 1 heterocycles. The van der Waals surface area contributed by atoms with E-state index in [4.69, 9.17) is 23.2 Å². The predicted octanol–water partition coefficient (Wildman–Crippen LogP) is 4.08. The molecule has 0 fully saturated rings. The van der Waals surface area contributed by atoms with Crippen molar-refractivity contribution in [2.24, 2.45) is 12.0 Å². The Morgan fingerprint density at radius 2 is 2.06 bits per heavy atom. The molecule has 0 bridgehead atoms. The van der Waals surface area contributed by atoms with Gasteiger partial charge in [0.05, 0.1) is 22.6 Å². The number of aryl methyl sites for hydroxylation is 1. The van der Waals surface area contributed by atoms with Crippen LogP contribution in [0.15, 0.2) is 41.5 Å². The van der Waals surface area contributed by atoms with Gasteiger partial charge < -0.3 is 4.57 Å². The van der Waals surface area contributed by atoms with Crippen molar-refractivity contribution in [2.75, 3.05) is 0 Å². The number of benzene rings is 1. The number of nitrogens with zero attached hydrogens (tertiary/aromatic N) is 2. The number of aromatic nitrogens is 1. The van der Waals surface area contributed by atoms with E-state index in [-0.39, 0.29) is 0 Å². The molecule has 0 spiro atoms. The van der Waals surface area contributed by atoms with E-state index in [1.54, 1.807) is 24.4 Å². The number of rotatable bonds is 2. The Kier molecular flexibility index (Phi) is 3.32. The molecule has 1 aromatic heterocycles. The second-order valence-corrected chi connectivity index (χ2v) is 4.24. The molecule has 0 unspecified atom stereocenters. The molecular formula is C12H10Cl2N2. The maximum absolute atomic E-state index is 6.00. The summed E-state index contributed by atoms with van der Waals surface area (Å²) in [6.07, 6.45) is 3.74. The lowest BCUT2D eigenvalue weighted by molar-refractivity contribution is 0.918. The Hall–Kier alpha value is -1.25. The Morgan fingerprint density at radius 1 is 1.25 bits per heavy atom. The van der Waals surface area contributed by atoms with Gasteiger partial charge in [0, 0.05) is 18.3 Å². The third-order valence-corrected chi connectivity index (χ3v) is 2.77. The summed E-state index contributed by atoms with van der Waals surface area (Å²) in [5.41, 5.74) is 1.73. The topological polar surface area (TPSA) is 17.3 Å². The van der Waals surface area contributed by atoms with Gasteiger partial charge in [-0.2, -0.15) is 0 Å². The van der Waals surface area contributed by atoms with Gasteiger partial charge in [0.25, 0.3) is 0 Å². The summed E-state index contributed by atoms with van der Waals surface area (Å²) in [4.78, 5) is 4.31. The molecule has 0 aliphatic rings. The Bertz CT molecular complexity index is 530. The van der Waals surface area contributed by atoms with Crippen LogP contribution in [-0.4, -0.2) is 10.8 Å². The van der Waals surface area contributed by atoms with E-state index < -0.39 is 0 Å². The molecule has 0 radical (unpaired) electrons. The van der Waals surface area contributed by atoms with Gasteiger partial charge in [-0.15, -0.1) is 0 Å². The van der Waals surface area contributed by atoms with Crippen LogP contribution in [0.4, 0.5) is 5.69 Å². The fourth-order valence-corrected chi connectivity index (χ4v) is 1.79. The zero-order valence-electron chi connectivity index (χ0n) is 8.69. The molecule has 16 heavy (non-hydrogen) atoms. The fraction of sp³-hybridized carbons (Fsp3) is 0.0833. The van der Waals surface area contributed by atoms with Crippen LogP contribution in [0.5, 0.6) is 0 Å². The van der Waals surface area contributed by atoms with Crippen LogP contribution in [-0.2, 0) is 7.05 Å². The van der Waals surface area contributed by atoms with Crippen molar-refractivity contribution in [3.8, 4) is 0 Å². The summed E-state index contributed by atoms with van der Waals surface area (Å²) in [5, 5.41) is 1.17. The predicted molar refractivity (Wildman–Crippen MR) is 69.1 cm³/mol. The van der Waals surface area contributed by atoms with Crippen molar-refractivity contribution in [2.45, 2.75) is 0 Å². The lowest BCUT2D eigenvalue weighted by Gasteiger charge is -1.99. The van der Waals surface area contributed by atoms with Gasteiger partial charge in [-0.1, -0.05) is 23.2 Å². The Balaban J connectivity index is 2.27. The van der Waals surface area contributed by atoms with E-state index in [2.05, 4.69) is 4.99 Å². The van der Waals surface area contributed by atoms with Crippen LogP contribution in [0.1, 0.15) is 5.69 Å². The van der Waals surface area contributed by atoms with E-state index in [9.17, 15) is 0 Å². The lowest BCUT2D eigenvalue weighted by atomic mass is 10.3. The van der Waals surface area contributed by atoms with E-state index in [0.717, 1.165) is 5.69 Å². The van der Waals surface area contributed by atoms with Gasteiger partial charge in [0.2, 0.25) is 0 Å². The van der Waals surface area contributed by atoms with Gasteiger partial charge in [0.15, 0.2) is 0 Å². The molecule has 0 aliphatic heterocycles. The monoisotopic (exact) mass is 252 g/mol. The van der Waals surface area contributed by atoms with Crippen molar-refractivity contribution >= 4 is 35.1 Å². The van der Waals surface area contributed by atoms with Crippen LogP contribution in [0.3, 0.4) is 0 Å². The van der Waals surface area contributed by atoms with Crippen LogP contribution < -0.4 is 0 Å². The number of hydrogen-bond donors (Lipinski definition) is 0. The van der Waals surface area contributed by atoms with E-state index >= 15 is 0 Å². The van der Waals surface area contributed by atoms with E-state index in [1.165, 1.54) is 0 Å². The third kappa shape index (κ3) is 2.46. The fourth-order valence-electron chi connectivity index (χ4n) is 1.33. The molecule has 0 saturated heterocycles. The van der Waals surface area contributed by atoms with Crippen molar-refractivity contribution in [1.29, 1.82) is 0 Å². The van der Waals surface area contributed by atoms with Gasteiger partial charge in [-0.3, -0.25) is 4.99 Å². The molecule has 0 aliphatic carbocycles. The zero-order valence-corrected chi connectivity index (χ0v) is 10.2. The van der Waals surface area contributed by atoms with Crippen molar-refractivity contribution in [3.05, 3.63) is 52.3 Å². The lowest BCUT2D eigenvalue weighted by Crippen LogP contribution is -1.91. The maximum Gasteiger partial charge on any atom is 0.0817 e. The summed E-state index contributed by atoms with van der Waals surface area (Å²) in [5.74, 6) is 0. The quantitative estimate of drug-likeness (QED) is 0.717. The van der Waals surface area contributed by atoms with Crippen LogP contribution in [0, 0.1) is 0 Å². The highest BCUT2D eigenvalue weighted by Crippen LogP contribution is 2.27. The van der Waals surface area contributed by atoms with Crippen molar-refractivity contribution in [3.63, 3.8) is 0 Å². The molecule has 2 nitrogen and oxygen atoms in total. The highest BCUT2D eigenvalue weighted by atomic mass is 35.5. The van der Waals surface area contributed by atoms with E-state index in [0.29, 0.717) is 15.7 Å². The average Bonchev–Trinajstić information content (AvgIpc) is 2.63. The first-order chi connectivity index (χ1) is 7.66. The number of halogens is 2. The summed E-state index contributed by atoms with van der Waals surface area (Å²) in [7, 11) is 1.96. The van der Waals surface area contributed by atoms with Gasteiger partial charge in [0.1, 0.15) is 0 Å².